The third kappa shape index (κ3) is 5.67. The van der Waals surface area contributed by atoms with Gasteiger partial charge in [0.15, 0.2) is 0 Å². The summed E-state index contributed by atoms with van der Waals surface area (Å²) in [6.45, 7) is 5.97. The zero-order valence-electron chi connectivity index (χ0n) is 24.3. The summed E-state index contributed by atoms with van der Waals surface area (Å²) >= 11 is 0. The molecule has 0 spiro atoms. The summed E-state index contributed by atoms with van der Waals surface area (Å²) in [5.74, 6) is 1.31. The van der Waals surface area contributed by atoms with Crippen LogP contribution in [-0.2, 0) is 4.79 Å². The van der Waals surface area contributed by atoms with Crippen molar-refractivity contribution in [2.24, 2.45) is 23.5 Å². The first kappa shape index (κ1) is 28.1. The summed E-state index contributed by atoms with van der Waals surface area (Å²) in [5, 5.41) is 16.9. The van der Waals surface area contributed by atoms with Gasteiger partial charge in [-0.15, -0.1) is 0 Å². The lowest BCUT2D eigenvalue weighted by Gasteiger charge is -2.35. The van der Waals surface area contributed by atoms with E-state index >= 15 is 0 Å². The van der Waals surface area contributed by atoms with Crippen LogP contribution >= 0.6 is 0 Å². The molecule has 0 radical (unpaired) electrons. The Hall–Kier alpha value is -4.08. The Labute approximate surface area is 245 Å². The van der Waals surface area contributed by atoms with Crippen molar-refractivity contribution in [2.45, 2.75) is 64.0 Å². The fourth-order valence-corrected chi connectivity index (χ4v) is 7.05. The second-order valence-corrected chi connectivity index (χ2v) is 12.8. The number of carbonyl (C=O) groups is 2. The Morgan fingerprint density at radius 2 is 1.98 bits per heavy atom. The molecule has 2 aromatic heterocycles. The maximum Gasteiger partial charge on any atom is 0.256 e. The lowest BCUT2D eigenvalue weighted by atomic mass is 9.74. The van der Waals surface area contributed by atoms with Gasteiger partial charge in [-0.25, -0.2) is 9.97 Å². The van der Waals surface area contributed by atoms with E-state index in [1.54, 1.807) is 30.5 Å². The van der Waals surface area contributed by atoms with Gasteiger partial charge in [0.2, 0.25) is 5.91 Å². The SMILES string of the molecule is Cc1cc(-c2nc3ccc(C(=O)Nc4ccccn4)cc3[nH]2)ccc1NC(=O)C(C)C[C@H]1CC2C[C@@](O)(C1)C[C@@]2(C)N. The highest BCUT2D eigenvalue weighted by atomic mass is 16.3. The van der Waals surface area contributed by atoms with E-state index in [1.165, 1.54) is 0 Å². The van der Waals surface area contributed by atoms with Crippen LogP contribution in [0.5, 0.6) is 0 Å². The molecule has 6 N–H and O–H groups in total. The summed E-state index contributed by atoms with van der Waals surface area (Å²) in [5.41, 5.74) is 10.0. The molecule has 2 aromatic carbocycles. The molecule has 4 aromatic rings. The number of imidazole rings is 1. The van der Waals surface area contributed by atoms with Crippen molar-refractivity contribution in [3.63, 3.8) is 0 Å². The first-order valence-corrected chi connectivity index (χ1v) is 14.6. The van der Waals surface area contributed by atoms with E-state index < -0.39 is 5.60 Å². The number of nitrogens with one attached hydrogen (secondary N) is 3. The molecule has 42 heavy (non-hydrogen) atoms. The molecule has 2 saturated carbocycles. The molecule has 5 atom stereocenters. The molecule has 2 amide bonds. The zero-order valence-corrected chi connectivity index (χ0v) is 24.3. The van der Waals surface area contributed by atoms with Gasteiger partial charge in [-0.3, -0.25) is 9.59 Å². The average molecular weight is 567 g/mol. The van der Waals surface area contributed by atoms with Crippen LogP contribution in [0.4, 0.5) is 11.5 Å². The molecule has 9 heteroatoms. The van der Waals surface area contributed by atoms with Gasteiger partial charge in [0.25, 0.3) is 5.91 Å². The van der Waals surface area contributed by atoms with Crippen LogP contribution in [0.15, 0.2) is 60.8 Å². The third-order valence-electron chi connectivity index (χ3n) is 9.10. The Kier molecular flexibility index (Phi) is 7.11. The number of hydrogen-bond acceptors (Lipinski definition) is 6. The number of H-pyrrole nitrogens is 1. The van der Waals surface area contributed by atoms with E-state index in [2.05, 4.69) is 20.6 Å². The highest BCUT2D eigenvalue weighted by Crippen LogP contribution is 2.52. The minimum Gasteiger partial charge on any atom is -0.390 e. The average Bonchev–Trinajstić information content (AvgIpc) is 3.44. The monoisotopic (exact) mass is 566 g/mol. The second-order valence-electron chi connectivity index (χ2n) is 12.8. The lowest BCUT2D eigenvalue weighted by molar-refractivity contribution is -0.120. The fraction of sp³-hybridized carbons (Fsp3) is 0.394. The number of aromatic nitrogens is 3. The quantitative estimate of drug-likeness (QED) is 0.202. The van der Waals surface area contributed by atoms with E-state index in [0.29, 0.717) is 29.5 Å². The van der Waals surface area contributed by atoms with E-state index in [9.17, 15) is 14.7 Å². The number of anilines is 2. The molecular formula is C33H38N6O3. The minimum absolute atomic E-state index is 0.0217. The number of hydrogen-bond donors (Lipinski definition) is 5. The number of benzene rings is 2. The minimum atomic E-state index is -0.690. The van der Waals surface area contributed by atoms with Crippen LogP contribution in [0.25, 0.3) is 22.4 Å². The maximum absolute atomic E-state index is 13.1. The van der Waals surface area contributed by atoms with E-state index in [1.807, 2.05) is 51.1 Å². The molecule has 2 aliphatic rings. The largest absolute Gasteiger partial charge is 0.390 e. The number of nitrogens with two attached hydrogens (primary N) is 1. The summed E-state index contributed by atoms with van der Waals surface area (Å²) in [7, 11) is 0. The number of amides is 2. The normalized spacial score (nSPS) is 25.7. The molecule has 2 unspecified atom stereocenters. The molecule has 2 fully saturated rings. The van der Waals surface area contributed by atoms with Gasteiger partial charge in [0.05, 0.1) is 16.6 Å². The van der Waals surface area contributed by atoms with Crippen LogP contribution in [0.2, 0.25) is 0 Å². The van der Waals surface area contributed by atoms with Crippen LogP contribution in [0, 0.1) is 24.7 Å². The van der Waals surface area contributed by atoms with Crippen molar-refractivity contribution in [2.75, 3.05) is 10.6 Å². The number of nitrogens with zero attached hydrogens (tertiary/aromatic N) is 2. The van der Waals surface area contributed by atoms with Gasteiger partial charge in [-0.1, -0.05) is 13.0 Å². The molecular weight excluding hydrogens is 528 g/mol. The highest BCUT2D eigenvalue weighted by Gasteiger charge is 2.54. The summed E-state index contributed by atoms with van der Waals surface area (Å²) < 4.78 is 0. The van der Waals surface area contributed by atoms with Crippen LogP contribution in [0.1, 0.15) is 61.9 Å². The summed E-state index contributed by atoms with van der Waals surface area (Å²) in [6, 6.07) is 16.5. The number of rotatable bonds is 7. The Balaban J connectivity index is 1.11. The molecule has 218 valence electrons. The van der Waals surface area contributed by atoms with Gasteiger partial charge in [-0.05, 0) is 112 Å². The first-order chi connectivity index (χ1) is 20.0. The molecule has 2 heterocycles. The highest BCUT2D eigenvalue weighted by molar-refractivity contribution is 6.05. The van der Waals surface area contributed by atoms with Gasteiger partial charge in [0, 0.05) is 34.5 Å². The Morgan fingerprint density at radius 1 is 1.14 bits per heavy atom. The number of carbonyl (C=O) groups excluding carboxylic acids is 2. The van der Waals surface area contributed by atoms with Gasteiger partial charge in [0.1, 0.15) is 11.6 Å². The van der Waals surface area contributed by atoms with Crippen LogP contribution in [0.3, 0.4) is 0 Å². The standard InChI is InChI=1S/C33H38N6O3/c1-19-13-22(29-36-26-10-8-23(15-27(26)37-29)31(41)39-28-6-4-5-11-35-28)7-9-25(19)38-30(40)20(2)12-21-14-24-17-33(42,16-21)18-32(24,3)34/h4-11,13,15,20-21,24,42H,12,14,16-18,34H2,1-3H3,(H,36,37)(H,38,40)(H,35,39,41)/t20?,21-,24?,32+,33-/m0/s1. The first-order valence-electron chi connectivity index (χ1n) is 14.6. The van der Waals surface area contributed by atoms with Crippen molar-refractivity contribution in [1.29, 1.82) is 0 Å². The molecule has 0 saturated heterocycles. The van der Waals surface area contributed by atoms with E-state index in [4.69, 9.17) is 10.7 Å². The predicted octanol–water partition coefficient (Wildman–Crippen LogP) is 5.42. The molecule has 9 nitrogen and oxygen atoms in total. The number of fused-ring (bicyclic) bond motifs is 3. The number of aryl methyl sites for hydroxylation is 1. The predicted molar refractivity (Wildman–Crippen MR) is 164 cm³/mol. The van der Waals surface area contributed by atoms with Crippen molar-refractivity contribution in [3.05, 3.63) is 71.9 Å². The topological polar surface area (TPSA) is 146 Å². The smallest absolute Gasteiger partial charge is 0.256 e. The van der Waals surface area contributed by atoms with Crippen LogP contribution < -0.4 is 16.4 Å². The van der Waals surface area contributed by atoms with Crippen molar-refractivity contribution in [3.8, 4) is 11.4 Å². The van der Waals surface area contributed by atoms with Crippen molar-refractivity contribution >= 4 is 34.4 Å². The summed E-state index contributed by atoms with van der Waals surface area (Å²) in [6.07, 6.45) is 5.46. The fourth-order valence-electron chi connectivity index (χ4n) is 7.05. The number of aromatic amines is 1. The number of pyridine rings is 1. The second kappa shape index (κ2) is 10.6. The Morgan fingerprint density at radius 3 is 2.71 bits per heavy atom. The molecule has 0 aliphatic heterocycles. The van der Waals surface area contributed by atoms with Gasteiger partial charge in [-0.2, -0.15) is 0 Å². The third-order valence-corrected chi connectivity index (χ3v) is 9.10. The molecule has 2 bridgehead atoms. The zero-order chi connectivity index (χ0) is 29.6. The Bertz CT molecular complexity index is 1650. The van der Waals surface area contributed by atoms with E-state index in [0.717, 1.165) is 53.5 Å². The van der Waals surface area contributed by atoms with Crippen molar-refractivity contribution in [1.82, 2.24) is 15.0 Å². The molecule has 6 rings (SSSR count). The summed E-state index contributed by atoms with van der Waals surface area (Å²) in [4.78, 5) is 38.0. The maximum atomic E-state index is 13.1. The molecule has 2 aliphatic carbocycles. The van der Waals surface area contributed by atoms with E-state index in [-0.39, 0.29) is 29.2 Å². The number of aliphatic hydroxyl groups is 1. The van der Waals surface area contributed by atoms with Crippen molar-refractivity contribution < 1.29 is 14.7 Å². The van der Waals surface area contributed by atoms with Crippen LogP contribution in [-0.4, -0.2) is 43.0 Å². The lowest BCUT2D eigenvalue weighted by Crippen LogP contribution is -2.40. The van der Waals surface area contributed by atoms with Gasteiger partial charge < -0.3 is 26.5 Å². The van der Waals surface area contributed by atoms with Gasteiger partial charge >= 0.3 is 0 Å².